The monoisotopic (exact) mass is 400 g/mol. The van der Waals surface area contributed by atoms with E-state index in [0.717, 1.165) is 41.8 Å². The second kappa shape index (κ2) is 8.52. The van der Waals surface area contributed by atoms with Gasteiger partial charge in [-0.3, -0.25) is 4.90 Å². The lowest BCUT2D eigenvalue weighted by atomic mass is 9.98. The molecule has 1 saturated heterocycles. The van der Waals surface area contributed by atoms with E-state index in [2.05, 4.69) is 26.1 Å². The van der Waals surface area contributed by atoms with Crippen LogP contribution in [0.3, 0.4) is 0 Å². The molecule has 0 radical (unpaired) electrons. The minimum absolute atomic E-state index is 0. The van der Waals surface area contributed by atoms with Crippen LogP contribution in [-0.2, 0) is 0 Å². The van der Waals surface area contributed by atoms with Crippen molar-refractivity contribution >= 4 is 28.3 Å². The lowest BCUT2D eigenvalue weighted by Crippen LogP contribution is -2.45. The molecule has 1 N–H and O–H groups in total. The zero-order valence-electron chi connectivity index (χ0n) is 12.4. The first kappa shape index (κ1) is 19.7. The van der Waals surface area contributed by atoms with E-state index in [9.17, 15) is 13.2 Å². The van der Waals surface area contributed by atoms with Gasteiger partial charge in [0.25, 0.3) is 0 Å². The zero-order chi connectivity index (χ0) is 15.5. The predicted molar refractivity (Wildman–Crippen MR) is 88.6 cm³/mol. The summed E-state index contributed by atoms with van der Waals surface area (Å²) in [4.78, 5) is 2.15. The van der Waals surface area contributed by atoms with Gasteiger partial charge in [-0.2, -0.15) is 13.2 Å². The molecule has 2 rings (SSSR count). The van der Waals surface area contributed by atoms with Crippen LogP contribution >= 0.6 is 28.3 Å². The van der Waals surface area contributed by atoms with Crippen molar-refractivity contribution in [3.63, 3.8) is 0 Å². The molecule has 7 heteroatoms. The first-order valence-corrected chi connectivity index (χ1v) is 7.94. The Bertz CT molecular complexity index is 476. The normalized spacial score (nSPS) is 17.9. The molecular formula is C15H21BrClF3N2. The Labute approximate surface area is 144 Å². The minimum Gasteiger partial charge on any atom is -0.314 e. The van der Waals surface area contributed by atoms with Gasteiger partial charge in [-0.1, -0.05) is 28.1 Å². The van der Waals surface area contributed by atoms with E-state index >= 15 is 0 Å². The van der Waals surface area contributed by atoms with Crippen molar-refractivity contribution in [1.82, 2.24) is 10.2 Å². The van der Waals surface area contributed by atoms with Crippen LogP contribution in [0.15, 0.2) is 22.7 Å². The third kappa shape index (κ3) is 5.72. The Morgan fingerprint density at radius 2 is 1.91 bits per heavy atom. The Balaban J connectivity index is 0.00000242. The highest BCUT2D eigenvalue weighted by Gasteiger charge is 2.31. The standard InChI is InChI=1S/C15H20BrF3N2.ClH/c1-11-2-3-12(10-13(11)16)14(4-5-15(17,18)19)21-8-6-20-7-9-21;/h2-3,10,14,20H,4-9H2,1H3;1H/t14-;/m0./s1. The van der Waals surface area contributed by atoms with Crippen LogP contribution in [-0.4, -0.2) is 37.3 Å². The Morgan fingerprint density at radius 3 is 2.45 bits per heavy atom. The van der Waals surface area contributed by atoms with Crippen molar-refractivity contribution in [2.45, 2.75) is 32.0 Å². The molecule has 2 nitrogen and oxygen atoms in total. The van der Waals surface area contributed by atoms with Crippen LogP contribution in [0.5, 0.6) is 0 Å². The van der Waals surface area contributed by atoms with Gasteiger partial charge in [0.05, 0.1) is 0 Å². The van der Waals surface area contributed by atoms with E-state index < -0.39 is 12.6 Å². The molecular weight excluding hydrogens is 381 g/mol. The number of nitrogens with one attached hydrogen (secondary N) is 1. The Kier molecular flexibility index (Phi) is 7.65. The van der Waals surface area contributed by atoms with Crippen molar-refractivity contribution in [2.75, 3.05) is 26.2 Å². The number of rotatable bonds is 4. The van der Waals surface area contributed by atoms with Crippen molar-refractivity contribution in [1.29, 1.82) is 0 Å². The Hall–Kier alpha value is -0.300. The molecule has 1 atom stereocenters. The maximum atomic E-state index is 12.6. The number of benzene rings is 1. The highest BCUT2D eigenvalue weighted by molar-refractivity contribution is 9.10. The van der Waals surface area contributed by atoms with Gasteiger partial charge in [-0.05, 0) is 30.5 Å². The Morgan fingerprint density at radius 1 is 1.27 bits per heavy atom. The highest BCUT2D eigenvalue weighted by Crippen LogP contribution is 2.33. The second-order valence-electron chi connectivity index (χ2n) is 5.46. The molecule has 0 saturated carbocycles. The van der Waals surface area contributed by atoms with E-state index in [1.807, 2.05) is 25.1 Å². The average molecular weight is 402 g/mol. The molecule has 1 heterocycles. The quantitative estimate of drug-likeness (QED) is 0.801. The summed E-state index contributed by atoms with van der Waals surface area (Å²) < 4.78 is 38.8. The molecule has 0 bridgehead atoms. The van der Waals surface area contributed by atoms with Gasteiger partial charge >= 0.3 is 6.18 Å². The summed E-state index contributed by atoms with van der Waals surface area (Å²) in [7, 11) is 0. The molecule has 1 aliphatic heterocycles. The molecule has 1 aliphatic rings. The van der Waals surface area contributed by atoms with E-state index in [0.29, 0.717) is 0 Å². The lowest BCUT2D eigenvalue weighted by molar-refractivity contribution is -0.138. The smallest absolute Gasteiger partial charge is 0.314 e. The molecule has 0 amide bonds. The summed E-state index contributed by atoms with van der Waals surface area (Å²) in [5, 5.41) is 3.24. The molecule has 22 heavy (non-hydrogen) atoms. The van der Waals surface area contributed by atoms with E-state index in [1.165, 1.54) is 0 Å². The molecule has 0 aromatic heterocycles. The number of nitrogens with zero attached hydrogens (tertiary/aromatic N) is 1. The number of hydrogen-bond acceptors (Lipinski definition) is 2. The van der Waals surface area contributed by atoms with Gasteiger partial charge in [0.1, 0.15) is 0 Å². The molecule has 0 aliphatic carbocycles. The fourth-order valence-electron chi connectivity index (χ4n) is 2.67. The average Bonchev–Trinajstić information content (AvgIpc) is 2.43. The van der Waals surface area contributed by atoms with Crippen molar-refractivity contribution < 1.29 is 13.2 Å². The van der Waals surface area contributed by atoms with Gasteiger partial charge in [0, 0.05) is 43.1 Å². The van der Waals surface area contributed by atoms with Crippen molar-refractivity contribution in [3.8, 4) is 0 Å². The molecule has 1 aromatic carbocycles. The summed E-state index contributed by atoms with van der Waals surface area (Å²) in [6.07, 6.45) is -4.74. The predicted octanol–water partition coefficient (Wildman–Crippen LogP) is 4.47. The summed E-state index contributed by atoms with van der Waals surface area (Å²) in [6.45, 7) is 5.20. The van der Waals surface area contributed by atoms with Gasteiger partial charge < -0.3 is 5.32 Å². The zero-order valence-corrected chi connectivity index (χ0v) is 14.8. The fourth-order valence-corrected chi connectivity index (χ4v) is 3.07. The van der Waals surface area contributed by atoms with Crippen LogP contribution < -0.4 is 5.32 Å². The summed E-state index contributed by atoms with van der Waals surface area (Å²) in [5.74, 6) is 0. The van der Waals surface area contributed by atoms with Gasteiger partial charge in [-0.25, -0.2) is 0 Å². The topological polar surface area (TPSA) is 15.3 Å². The largest absolute Gasteiger partial charge is 0.389 e. The highest BCUT2D eigenvalue weighted by atomic mass is 79.9. The van der Waals surface area contributed by atoms with Crippen LogP contribution in [0, 0.1) is 6.92 Å². The van der Waals surface area contributed by atoms with Gasteiger partial charge in [0.15, 0.2) is 0 Å². The van der Waals surface area contributed by atoms with Crippen LogP contribution in [0.1, 0.15) is 30.0 Å². The molecule has 0 spiro atoms. The molecule has 0 unspecified atom stereocenters. The molecule has 1 fully saturated rings. The van der Waals surface area contributed by atoms with Crippen LogP contribution in [0.25, 0.3) is 0 Å². The first-order chi connectivity index (χ1) is 9.87. The van der Waals surface area contributed by atoms with Crippen LogP contribution in [0.4, 0.5) is 13.2 Å². The second-order valence-corrected chi connectivity index (χ2v) is 6.32. The summed E-state index contributed by atoms with van der Waals surface area (Å²) in [5.41, 5.74) is 2.05. The number of hydrogen-bond donors (Lipinski definition) is 1. The minimum atomic E-state index is -4.10. The molecule has 1 aromatic rings. The summed E-state index contributed by atoms with van der Waals surface area (Å²) in [6, 6.07) is 5.69. The third-order valence-electron chi connectivity index (χ3n) is 3.87. The molecule has 126 valence electrons. The fraction of sp³-hybridized carbons (Fsp3) is 0.600. The van der Waals surface area contributed by atoms with E-state index in [1.54, 1.807) is 0 Å². The maximum Gasteiger partial charge on any atom is 0.389 e. The maximum absolute atomic E-state index is 12.6. The van der Waals surface area contributed by atoms with Gasteiger partial charge in [0.2, 0.25) is 0 Å². The van der Waals surface area contributed by atoms with Crippen molar-refractivity contribution in [2.24, 2.45) is 0 Å². The van der Waals surface area contributed by atoms with Crippen molar-refractivity contribution in [3.05, 3.63) is 33.8 Å². The van der Waals surface area contributed by atoms with E-state index in [-0.39, 0.29) is 24.9 Å². The van der Waals surface area contributed by atoms with Crippen LogP contribution in [0.2, 0.25) is 0 Å². The number of halogens is 5. The summed E-state index contributed by atoms with van der Waals surface area (Å²) >= 11 is 3.48. The first-order valence-electron chi connectivity index (χ1n) is 7.14. The number of piperazine rings is 1. The third-order valence-corrected chi connectivity index (χ3v) is 4.73. The lowest BCUT2D eigenvalue weighted by Gasteiger charge is -2.35. The number of aryl methyl sites for hydroxylation is 1. The van der Waals surface area contributed by atoms with Gasteiger partial charge in [-0.15, -0.1) is 12.4 Å². The number of alkyl halides is 3. The van der Waals surface area contributed by atoms with E-state index in [4.69, 9.17) is 0 Å². The SMILES string of the molecule is Cc1ccc([C@H](CCC(F)(F)F)N2CCNCC2)cc1Br.Cl.